The van der Waals surface area contributed by atoms with E-state index in [1.165, 1.54) is 6.33 Å². The predicted octanol–water partition coefficient (Wildman–Crippen LogP) is 1.85. The molecule has 1 aromatic heterocycles. The molecule has 1 aliphatic heterocycles. The molecule has 1 N–H and O–H groups in total. The molecule has 1 saturated heterocycles. The number of amides is 2. The number of carbonyl (C=O) groups is 2. The van der Waals surface area contributed by atoms with Crippen LogP contribution in [0.25, 0.3) is 0 Å². The van der Waals surface area contributed by atoms with E-state index >= 15 is 0 Å². The first kappa shape index (κ1) is 19.0. The van der Waals surface area contributed by atoms with Gasteiger partial charge in [0.25, 0.3) is 5.91 Å². The summed E-state index contributed by atoms with van der Waals surface area (Å²) < 4.78 is 4.99. The largest absolute Gasteiger partial charge is 0.450 e. The van der Waals surface area contributed by atoms with Crippen molar-refractivity contribution in [1.82, 2.24) is 19.8 Å². The van der Waals surface area contributed by atoms with Crippen molar-refractivity contribution < 1.29 is 14.3 Å². The van der Waals surface area contributed by atoms with Crippen LogP contribution in [0, 0.1) is 5.92 Å². The molecule has 0 unspecified atom stereocenters. The Bertz CT molecular complexity index is 585. The Kier molecular flexibility index (Phi) is 6.97. The third-order valence-electron chi connectivity index (χ3n) is 4.01. The highest BCUT2D eigenvalue weighted by atomic mass is 16.6. The Hall–Kier alpha value is -2.38. The minimum Gasteiger partial charge on any atom is -0.450 e. The number of carbonyl (C=O) groups excluding carboxylic acids is 2. The van der Waals surface area contributed by atoms with Gasteiger partial charge in [0.1, 0.15) is 17.8 Å². The van der Waals surface area contributed by atoms with E-state index in [1.807, 2.05) is 0 Å². The Morgan fingerprint density at radius 1 is 1.20 bits per heavy atom. The minimum absolute atomic E-state index is 0.141. The number of hydrogen-bond acceptors (Lipinski definition) is 6. The zero-order valence-electron chi connectivity index (χ0n) is 15.2. The van der Waals surface area contributed by atoms with Gasteiger partial charge in [0, 0.05) is 38.8 Å². The lowest BCUT2D eigenvalue weighted by atomic mass is 10.1. The number of piperazine rings is 1. The van der Waals surface area contributed by atoms with E-state index in [-0.39, 0.29) is 12.0 Å². The third kappa shape index (κ3) is 5.58. The monoisotopic (exact) mass is 349 g/mol. The summed E-state index contributed by atoms with van der Waals surface area (Å²) in [5.41, 5.74) is 0.367. The second-order valence-corrected chi connectivity index (χ2v) is 6.38. The van der Waals surface area contributed by atoms with Gasteiger partial charge in [-0.25, -0.2) is 14.8 Å². The highest BCUT2D eigenvalue weighted by molar-refractivity contribution is 5.93. The van der Waals surface area contributed by atoms with E-state index in [0.29, 0.717) is 50.2 Å². The molecular weight excluding hydrogens is 322 g/mol. The first-order chi connectivity index (χ1) is 12.0. The molecule has 0 aliphatic carbocycles. The number of nitrogens with zero attached hydrogens (tertiary/aromatic N) is 4. The zero-order valence-corrected chi connectivity index (χ0v) is 15.2. The van der Waals surface area contributed by atoms with Crippen molar-refractivity contribution in [1.29, 1.82) is 0 Å². The fourth-order valence-corrected chi connectivity index (χ4v) is 2.53. The molecule has 0 spiro atoms. The molecule has 8 nitrogen and oxygen atoms in total. The molecule has 0 atom stereocenters. The molecule has 2 amide bonds. The summed E-state index contributed by atoms with van der Waals surface area (Å²) in [4.78, 5) is 35.9. The van der Waals surface area contributed by atoms with E-state index in [4.69, 9.17) is 4.74 Å². The Morgan fingerprint density at radius 2 is 1.88 bits per heavy atom. The summed E-state index contributed by atoms with van der Waals surface area (Å²) in [6.07, 6.45) is 2.11. The van der Waals surface area contributed by atoms with Crippen LogP contribution >= 0.6 is 0 Å². The van der Waals surface area contributed by atoms with Crippen LogP contribution in [0.2, 0.25) is 0 Å². The molecule has 138 valence electrons. The van der Waals surface area contributed by atoms with Crippen molar-refractivity contribution in [2.45, 2.75) is 27.2 Å². The summed E-state index contributed by atoms with van der Waals surface area (Å²) in [6.45, 7) is 9.13. The normalized spacial score (nSPS) is 14.6. The quantitative estimate of drug-likeness (QED) is 0.843. The van der Waals surface area contributed by atoms with Crippen LogP contribution in [0.3, 0.4) is 0 Å². The highest BCUT2D eigenvalue weighted by Gasteiger charge is 2.26. The summed E-state index contributed by atoms with van der Waals surface area (Å²) >= 11 is 0. The summed E-state index contributed by atoms with van der Waals surface area (Å²) in [6, 6.07) is 1.68. The first-order valence-electron chi connectivity index (χ1n) is 8.78. The lowest BCUT2D eigenvalue weighted by Crippen LogP contribution is -2.50. The van der Waals surface area contributed by atoms with Crippen LogP contribution in [0.4, 0.5) is 10.6 Å². The van der Waals surface area contributed by atoms with E-state index in [1.54, 1.807) is 22.8 Å². The molecule has 1 aromatic rings. The van der Waals surface area contributed by atoms with Crippen molar-refractivity contribution in [3.05, 3.63) is 18.1 Å². The third-order valence-corrected chi connectivity index (χ3v) is 4.01. The first-order valence-corrected chi connectivity index (χ1v) is 8.78. The summed E-state index contributed by atoms with van der Waals surface area (Å²) in [7, 11) is 0. The Morgan fingerprint density at radius 3 is 2.52 bits per heavy atom. The molecule has 25 heavy (non-hydrogen) atoms. The number of hydrogen-bond donors (Lipinski definition) is 1. The molecule has 0 bridgehead atoms. The molecule has 2 heterocycles. The average Bonchev–Trinajstić information content (AvgIpc) is 2.61. The van der Waals surface area contributed by atoms with Crippen LogP contribution in [0.15, 0.2) is 12.4 Å². The molecule has 0 aromatic carbocycles. The van der Waals surface area contributed by atoms with Gasteiger partial charge in [-0.3, -0.25) is 4.79 Å². The van der Waals surface area contributed by atoms with Crippen molar-refractivity contribution >= 4 is 17.8 Å². The van der Waals surface area contributed by atoms with Crippen LogP contribution in [0.1, 0.15) is 37.7 Å². The standard InChI is InChI=1S/C17H27N5O3/c1-4-25-17(24)22-9-7-21(8-10-22)16(23)14-11-15(20-12-19-14)18-6-5-13(2)3/h11-13H,4-10H2,1-3H3,(H,18,19,20). The maximum Gasteiger partial charge on any atom is 0.409 e. The fourth-order valence-electron chi connectivity index (χ4n) is 2.53. The minimum atomic E-state index is -0.326. The fraction of sp³-hybridized carbons (Fsp3) is 0.647. The van der Waals surface area contributed by atoms with Crippen molar-refractivity contribution in [2.24, 2.45) is 5.92 Å². The van der Waals surface area contributed by atoms with Crippen molar-refractivity contribution in [3.63, 3.8) is 0 Å². The van der Waals surface area contributed by atoms with Gasteiger partial charge in [-0.2, -0.15) is 0 Å². The van der Waals surface area contributed by atoms with E-state index in [9.17, 15) is 9.59 Å². The summed E-state index contributed by atoms with van der Waals surface area (Å²) in [5.74, 6) is 1.12. The molecule has 0 radical (unpaired) electrons. The topological polar surface area (TPSA) is 87.7 Å². The molecule has 8 heteroatoms. The van der Waals surface area contributed by atoms with Gasteiger partial charge < -0.3 is 19.9 Å². The van der Waals surface area contributed by atoms with Gasteiger partial charge in [0.2, 0.25) is 0 Å². The van der Waals surface area contributed by atoms with Gasteiger partial charge in [-0.05, 0) is 19.3 Å². The van der Waals surface area contributed by atoms with Gasteiger partial charge in [-0.15, -0.1) is 0 Å². The Labute approximate surface area is 148 Å². The average molecular weight is 349 g/mol. The lowest BCUT2D eigenvalue weighted by Gasteiger charge is -2.33. The maximum absolute atomic E-state index is 12.6. The molecule has 2 rings (SSSR count). The number of aromatic nitrogens is 2. The van der Waals surface area contributed by atoms with E-state index < -0.39 is 0 Å². The van der Waals surface area contributed by atoms with E-state index in [2.05, 4.69) is 29.1 Å². The van der Waals surface area contributed by atoms with Crippen molar-refractivity contribution in [3.8, 4) is 0 Å². The lowest BCUT2D eigenvalue weighted by molar-refractivity contribution is 0.0566. The van der Waals surface area contributed by atoms with Crippen LogP contribution < -0.4 is 5.32 Å². The second-order valence-electron chi connectivity index (χ2n) is 6.38. The predicted molar refractivity (Wildman–Crippen MR) is 94.5 cm³/mol. The van der Waals surface area contributed by atoms with Gasteiger partial charge >= 0.3 is 6.09 Å². The highest BCUT2D eigenvalue weighted by Crippen LogP contribution is 2.11. The van der Waals surface area contributed by atoms with Crippen LogP contribution in [-0.2, 0) is 4.74 Å². The summed E-state index contributed by atoms with van der Waals surface area (Å²) in [5, 5.41) is 3.22. The van der Waals surface area contributed by atoms with Gasteiger partial charge in [0.05, 0.1) is 6.61 Å². The van der Waals surface area contributed by atoms with Crippen LogP contribution in [-0.4, -0.2) is 71.1 Å². The smallest absolute Gasteiger partial charge is 0.409 e. The number of nitrogens with one attached hydrogen (secondary N) is 1. The van der Waals surface area contributed by atoms with Gasteiger partial charge in [0.15, 0.2) is 0 Å². The Balaban J connectivity index is 1.89. The number of rotatable bonds is 6. The maximum atomic E-state index is 12.6. The number of anilines is 1. The van der Waals surface area contributed by atoms with Crippen LogP contribution in [0.5, 0.6) is 0 Å². The second kappa shape index (κ2) is 9.19. The molecule has 1 fully saturated rings. The van der Waals surface area contributed by atoms with Crippen molar-refractivity contribution in [2.75, 3.05) is 44.6 Å². The molecule has 0 saturated carbocycles. The van der Waals surface area contributed by atoms with Gasteiger partial charge in [-0.1, -0.05) is 13.8 Å². The molecular formula is C17H27N5O3. The number of ether oxygens (including phenoxy) is 1. The SMILES string of the molecule is CCOC(=O)N1CCN(C(=O)c2cc(NCCC(C)C)ncn2)CC1. The van der Waals surface area contributed by atoms with E-state index in [0.717, 1.165) is 13.0 Å². The zero-order chi connectivity index (χ0) is 18.2. The molecule has 1 aliphatic rings.